The Bertz CT molecular complexity index is 507. The zero-order valence-electron chi connectivity index (χ0n) is 15.2. The van der Waals surface area contributed by atoms with E-state index in [0.29, 0.717) is 17.7 Å². The van der Waals surface area contributed by atoms with Gasteiger partial charge < -0.3 is 14.9 Å². The normalized spacial score (nSPS) is 19.8. The Balaban J connectivity index is 1.95. The number of ether oxygens (including phenoxy) is 1. The van der Waals surface area contributed by atoms with E-state index in [1.165, 1.54) is 6.42 Å². The van der Waals surface area contributed by atoms with Gasteiger partial charge >= 0.3 is 0 Å². The van der Waals surface area contributed by atoms with Crippen LogP contribution in [0, 0.1) is 5.92 Å². The summed E-state index contributed by atoms with van der Waals surface area (Å²) in [6.45, 7) is 9.77. The van der Waals surface area contributed by atoms with E-state index in [1.54, 1.807) is 13.2 Å². The number of hydrogen-bond donors (Lipinski definition) is 2. The minimum Gasteiger partial charge on any atom is -0.504 e. The number of aromatic hydroxyl groups is 1. The molecule has 1 aliphatic heterocycles. The van der Waals surface area contributed by atoms with Gasteiger partial charge in [-0.15, -0.1) is 0 Å². The molecular formula is C19H32N2O3. The molecule has 1 aliphatic rings. The van der Waals surface area contributed by atoms with Crippen molar-refractivity contribution >= 4 is 0 Å². The number of aliphatic hydroxyl groups excluding tert-OH is 1. The predicted molar refractivity (Wildman–Crippen MR) is 96.5 cm³/mol. The number of methoxy groups -OCH3 is 1. The fourth-order valence-corrected chi connectivity index (χ4v) is 3.32. The van der Waals surface area contributed by atoms with E-state index in [-0.39, 0.29) is 12.4 Å². The van der Waals surface area contributed by atoms with Gasteiger partial charge in [0.2, 0.25) is 0 Å². The first-order valence-electron chi connectivity index (χ1n) is 8.96. The lowest BCUT2D eigenvalue weighted by atomic mass is 10.0. The molecule has 1 unspecified atom stereocenters. The van der Waals surface area contributed by atoms with Crippen molar-refractivity contribution in [3.05, 3.63) is 23.8 Å². The van der Waals surface area contributed by atoms with Crippen LogP contribution in [-0.2, 0) is 6.54 Å². The van der Waals surface area contributed by atoms with Gasteiger partial charge in [0.25, 0.3) is 0 Å². The van der Waals surface area contributed by atoms with Crippen molar-refractivity contribution in [2.24, 2.45) is 5.92 Å². The summed E-state index contributed by atoms with van der Waals surface area (Å²) >= 11 is 0. The molecule has 1 heterocycles. The molecule has 5 nitrogen and oxygen atoms in total. The van der Waals surface area contributed by atoms with Gasteiger partial charge in [0, 0.05) is 38.8 Å². The SMILES string of the molecule is COc1cc(CN2CCN(CCC(C)C)C(CCO)C2)ccc1O. The number of aliphatic hydroxyl groups is 1. The van der Waals surface area contributed by atoms with Gasteiger partial charge in [-0.3, -0.25) is 9.80 Å². The molecule has 0 saturated carbocycles. The maximum Gasteiger partial charge on any atom is 0.160 e. The molecule has 1 saturated heterocycles. The van der Waals surface area contributed by atoms with Crippen LogP contribution in [0.15, 0.2) is 18.2 Å². The Morgan fingerprint density at radius 2 is 2.08 bits per heavy atom. The van der Waals surface area contributed by atoms with Crippen molar-refractivity contribution in [1.29, 1.82) is 0 Å². The lowest BCUT2D eigenvalue weighted by Gasteiger charge is -2.41. The highest BCUT2D eigenvalue weighted by atomic mass is 16.5. The average Bonchev–Trinajstić information content (AvgIpc) is 2.56. The molecule has 0 aliphatic carbocycles. The van der Waals surface area contributed by atoms with Gasteiger partial charge in [-0.2, -0.15) is 0 Å². The number of nitrogens with zero attached hydrogens (tertiary/aromatic N) is 2. The maximum absolute atomic E-state index is 9.72. The Morgan fingerprint density at radius 1 is 1.29 bits per heavy atom. The molecule has 0 bridgehead atoms. The summed E-state index contributed by atoms with van der Waals surface area (Å²) in [7, 11) is 1.57. The molecule has 136 valence electrons. The second kappa shape index (κ2) is 9.25. The van der Waals surface area contributed by atoms with Crippen LogP contribution in [0.4, 0.5) is 0 Å². The molecular weight excluding hydrogens is 304 g/mol. The van der Waals surface area contributed by atoms with Crippen LogP contribution >= 0.6 is 0 Å². The van der Waals surface area contributed by atoms with Gasteiger partial charge in [-0.1, -0.05) is 19.9 Å². The van der Waals surface area contributed by atoms with Crippen molar-refractivity contribution in [2.45, 2.75) is 39.3 Å². The molecule has 24 heavy (non-hydrogen) atoms. The highest BCUT2D eigenvalue weighted by Crippen LogP contribution is 2.27. The summed E-state index contributed by atoms with van der Waals surface area (Å²) in [5.74, 6) is 1.41. The number of phenols is 1. The topological polar surface area (TPSA) is 56.2 Å². The standard InChI is InChI=1S/C19H32N2O3/c1-15(2)6-8-21-10-9-20(14-17(21)7-11-22)13-16-4-5-18(23)19(12-16)24-3/h4-5,12,15,17,22-23H,6-11,13-14H2,1-3H3. The minimum absolute atomic E-state index is 0.179. The monoisotopic (exact) mass is 336 g/mol. The fourth-order valence-electron chi connectivity index (χ4n) is 3.32. The van der Waals surface area contributed by atoms with Crippen LogP contribution in [0.5, 0.6) is 11.5 Å². The molecule has 0 radical (unpaired) electrons. The average molecular weight is 336 g/mol. The fraction of sp³-hybridized carbons (Fsp3) is 0.684. The number of rotatable bonds is 8. The summed E-state index contributed by atoms with van der Waals surface area (Å²) in [5, 5.41) is 19.1. The summed E-state index contributed by atoms with van der Waals surface area (Å²) in [6.07, 6.45) is 2.03. The Morgan fingerprint density at radius 3 is 2.75 bits per heavy atom. The largest absolute Gasteiger partial charge is 0.504 e. The second-order valence-corrected chi connectivity index (χ2v) is 7.13. The van der Waals surface area contributed by atoms with Crippen LogP contribution in [0.1, 0.15) is 32.3 Å². The van der Waals surface area contributed by atoms with Crippen LogP contribution < -0.4 is 4.74 Å². The van der Waals surface area contributed by atoms with Gasteiger partial charge in [0.1, 0.15) is 0 Å². The predicted octanol–water partition coefficient (Wildman–Crippen LogP) is 2.32. The van der Waals surface area contributed by atoms with Gasteiger partial charge in [0.05, 0.1) is 7.11 Å². The highest BCUT2D eigenvalue weighted by Gasteiger charge is 2.26. The second-order valence-electron chi connectivity index (χ2n) is 7.13. The van der Waals surface area contributed by atoms with Gasteiger partial charge in [-0.05, 0) is 43.0 Å². The van der Waals surface area contributed by atoms with Crippen molar-refractivity contribution in [3.63, 3.8) is 0 Å². The van der Waals surface area contributed by atoms with E-state index in [0.717, 1.165) is 44.7 Å². The third-order valence-electron chi connectivity index (χ3n) is 4.80. The lowest BCUT2D eigenvalue weighted by molar-refractivity contribution is 0.0523. The smallest absolute Gasteiger partial charge is 0.160 e. The maximum atomic E-state index is 9.72. The van der Waals surface area contributed by atoms with Gasteiger partial charge in [0.15, 0.2) is 11.5 Å². The number of hydrogen-bond acceptors (Lipinski definition) is 5. The van der Waals surface area contributed by atoms with E-state index in [9.17, 15) is 10.2 Å². The molecule has 0 amide bonds. The summed E-state index contributed by atoms with van der Waals surface area (Å²) < 4.78 is 5.20. The number of phenolic OH excluding ortho intramolecular Hbond substituents is 1. The zero-order chi connectivity index (χ0) is 17.5. The number of benzene rings is 1. The first-order chi connectivity index (χ1) is 11.5. The molecule has 0 spiro atoms. The molecule has 2 rings (SSSR count). The van der Waals surface area contributed by atoms with Crippen molar-refractivity contribution in [2.75, 3.05) is 39.9 Å². The zero-order valence-corrected chi connectivity index (χ0v) is 15.2. The summed E-state index contributed by atoms with van der Waals surface area (Å²) in [5.41, 5.74) is 1.14. The van der Waals surface area contributed by atoms with E-state index in [4.69, 9.17) is 4.74 Å². The summed E-state index contributed by atoms with van der Waals surface area (Å²) in [4.78, 5) is 4.96. The molecule has 1 fully saturated rings. The molecule has 2 N–H and O–H groups in total. The highest BCUT2D eigenvalue weighted by molar-refractivity contribution is 5.41. The van der Waals surface area contributed by atoms with Gasteiger partial charge in [-0.25, -0.2) is 0 Å². The van der Waals surface area contributed by atoms with E-state index in [1.807, 2.05) is 12.1 Å². The molecule has 1 atom stereocenters. The Kier molecular flexibility index (Phi) is 7.34. The molecule has 0 aromatic heterocycles. The molecule has 1 aromatic carbocycles. The first kappa shape index (κ1) is 19.0. The van der Waals surface area contributed by atoms with Crippen LogP contribution in [0.25, 0.3) is 0 Å². The van der Waals surface area contributed by atoms with E-state index in [2.05, 4.69) is 23.6 Å². The summed E-state index contributed by atoms with van der Waals surface area (Å²) in [6, 6.07) is 5.96. The Hall–Kier alpha value is -1.30. The van der Waals surface area contributed by atoms with Crippen molar-refractivity contribution < 1.29 is 14.9 Å². The minimum atomic E-state index is 0.179. The Labute approximate surface area is 145 Å². The lowest BCUT2D eigenvalue weighted by Crippen LogP contribution is -2.53. The molecule has 1 aromatic rings. The third kappa shape index (κ3) is 5.36. The van der Waals surface area contributed by atoms with E-state index >= 15 is 0 Å². The third-order valence-corrected chi connectivity index (χ3v) is 4.80. The van der Waals surface area contributed by atoms with E-state index < -0.39 is 0 Å². The quantitative estimate of drug-likeness (QED) is 0.763. The van der Waals surface area contributed by atoms with Crippen LogP contribution in [0.3, 0.4) is 0 Å². The van der Waals surface area contributed by atoms with Crippen LogP contribution in [0.2, 0.25) is 0 Å². The van der Waals surface area contributed by atoms with Crippen LogP contribution in [-0.4, -0.2) is 66.0 Å². The van der Waals surface area contributed by atoms with Crippen molar-refractivity contribution in [3.8, 4) is 11.5 Å². The first-order valence-corrected chi connectivity index (χ1v) is 8.96. The molecule has 5 heteroatoms. The van der Waals surface area contributed by atoms with Crippen molar-refractivity contribution in [1.82, 2.24) is 9.80 Å². The number of piperazine rings is 1.